The fourth-order valence-corrected chi connectivity index (χ4v) is 3.84. The van der Waals surface area contributed by atoms with Gasteiger partial charge in [0.15, 0.2) is 0 Å². The zero-order chi connectivity index (χ0) is 21.6. The van der Waals surface area contributed by atoms with Crippen LogP contribution in [0.2, 0.25) is 5.02 Å². The Hall–Kier alpha value is -3.03. The van der Waals surface area contributed by atoms with Gasteiger partial charge >= 0.3 is 6.03 Å². The topological polar surface area (TPSA) is 80.2 Å². The van der Waals surface area contributed by atoms with E-state index in [0.717, 1.165) is 30.0 Å². The maximum absolute atomic E-state index is 12.4. The number of benzene rings is 2. The Bertz CT molecular complexity index is 1030. The first-order valence-electron chi connectivity index (χ1n) is 10.4. The second-order valence-electron chi connectivity index (χ2n) is 7.57. The van der Waals surface area contributed by atoms with E-state index in [-0.39, 0.29) is 6.03 Å². The van der Waals surface area contributed by atoms with E-state index >= 15 is 0 Å². The molecule has 2 amide bonds. The number of rotatable bonds is 7. The third-order valence-electron chi connectivity index (χ3n) is 5.32. The molecule has 1 atom stereocenters. The molecule has 162 valence electrons. The molecule has 1 aliphatic heterocycles. The minimum atomic E-state index is -0.334. The molecule has 1 unspecified atom stereocenters. The van der Waals surface area contributed by atoms with Crippen molar-refractivity contribution in [3.8, 4) is 17.0 Å². The van der Waals surface area contributed by atoms with Crippen molar-refractivity contribution < 1.29 is 9.53 Å². The van der Waals surface area contributed by atoms with Gasteiger partial charge < -0.3 is 20.7 Å². The van der Waals surface area contributed by atoms with E-state index in [1.807, 2.05) is 31.3 Å². The molecule has 31 heavy (non-hydrogen) atoms. The molecule has 3 N–H and O–H groups in total. The molecule has 0 bridgehead atoms. The summed E-state index contributed by atoms with van der Waals surface area (Å²) in [7, 11) is 1.88. The van der Waals surface area contributed by atoms with Crippen LogP contribution in [0.1, 0.15) is 19.3 Å². The van der Waals surface area contributed by atoms with Gasteiger partial charge in [-0.15, -0.1) is 0 Å². The largest absolute Gasteiger partial charge is 0.493 e. The molecule has 1 saturated heterocycles. The van der Waals surface area contributed by atoms with Crippen LogP contribution in [0.4, 0.5) is 16.2 Å². The maximum atomic E-state index is 12.4. The fourth-order valence-electron chi connectivity index (χ4n) is 3.71. The van der Waals surface area contributed by atoms with Crippen molar-refractivity contribution in [2.45, 2.75) is 25.3 Å². The molecule has 1 aromatic heterocycles. The van der Waals surface area contributed by atoms with E-state index in [0.29, 0.717) is 29.0 Å². The van der Waals surface area contributed by atoms with Gasteiger partial charge in [-0.25, -0.2) is 4.79 Å². The molecule has 1 fully saturated rings. The Morgan fingerprint density at radius 1 is 1.19 bits per heavy atom. The number of ether oxygens (including phenoxy) is 1. The van der Waals surface area contributed by atoms with Crippen LogP contribution in [0, 0.1) is 0 Å². The monoisotopic (exact) mass is 439 g/mol. The Morgan fingerprint density at radius 2 is 1.97 bits per heavy atom. The summed E-state index contributed by atoms with van der Waals surface area (Å²) in [5, 5.41) is 14.1. The zero-order valence-electron chi connectivity index (χ0n) is 17.4. The molecule has 0 spiro atoms. The molecule has 1 aliphatic rings. The highest BCUT2D eigenvalue weighted by atomic mass is 35.5. The minimum absolute atomic E-state index is 0.334. The Kier molecular flexibility index (Phi) is 6.74. The van der Waals surface area contributed by atoms with Crippen molar-refractivity contribution in [3.05, 3.63) is 59.8 Å². The number of carbonyl (C=O) groups is 1. The van der Waals surface area contributed by atoms with Crippen LogP contribution in [0.15, 0.2) is 54.7 Å². The average Bonchev–Trinajstić information content (AvgIpc) is 3.42. The van der Waals surface area contributed by atoms with E-state index < -0.39 is 0 Å². The number of hydrogen-bond acceptors (Lipinski definition) is 4. The van der Waals surface area contributed by atoms with E-state index in [4.69, 9.17) is 16.3 Å². The lowest BCUT2D eigenvalue weighted by atomic mass is 10.1. The number of aromatic nitrogens is 2. The second kappa shape index (κ2) is 9.85. The molecule has 4 rings (SSSR count). The zero-order valence-corrected chi connectivity index (χ0v) is 18.2. The number of urea groups is 1. The third-order valence-corrected chi connectivity index (χ3v) is 5.57. The van der Waals surface area contributed by atoms with Crippen molar-refractivity contribution in [3.63, 3.8) is 0 Å². The number of aryl methyl sites for hydroxylation is 1. The average molecular weight is 440 g/mol. The number of nitrogens with one attached hydrogen (secondary N) is 3. The predicted molar refractivity (Wildman–Crippen MR) is 124 cm³/mol. The van der Waals surface area contributed by atoms with Crippen LogP contribution >= 0.6 is 11.6 Å². The van der Waals surface area contributed by atoms with Crippen molar-refractivity contribution in [1.82, 2.24) is 15.1 Å². The second-order valence-corrected chi connectivity index (χ2v) is 8.00. The molecule has 3 aromatic rings. The van der Waals surface area contributed by atoms with Crippen LogP contribution < -0.4 is 20.7 Å². The standard InChI is InChI=1S/C23H26ClN5O2/c1-29-21(10-13-26-29)20-15-19(28-23(30)27-18-6-4-16(24)5-7-18)8-9-22(20)31-14-11-17-3-2-12-25-17/h4-10,13,15,17,25H,2-3,11-12,14H2,1H3,(H2,27,28,30). The summed E-state index contributed by atoms with van der Waals surface area (Å²) in [5.41, 5.74) is 3.11. The SMILES string of the molecule is Cn1nccc1-c1cc(NC(=O)Nc2ccc(Cl)cc2)ccc1OCCC1CCCN1. The van der Waals surface area contributed by atoms with Crippen molar-refractivity contribution in [2.75, 3.05) is 23.8 Å². The number of carbonyl (C=O) groups excluding carboxylic acids is 1. The van der Waals surface area contributed by atoms with E-state index in [1.165, 1.54) is 12.8 Å². The molecular formula is C23H26ClN5O2. The van der Waals surface area contributed by atoms with Crippen molar-refractivity contribution in [1.29, 1.82) is 0 Å². The van der Waals surface area contributed by atoms with Crippen LogP contribution in [-0.2, 0) is 7.05 Å². The quantitative estimate of drug-likeness (QED) is 0.489. The van der Waals surface area contributed by atoms with Crippen LogP contribution in [0.25, 0.3) is 11.3 Å². The summed E-state index contributed by atoms with van der Waals surface area (Å²) in [6, 6.07) is 14.7. The highest BCUT2D eigenvalue weighted by Gasteiger charge is 2.16. The lowest BCUT2D eigenvalue weighted by Gasteiger charge is -2.16. The number of halogens is 1. The number of amides is 2. The summed E-state index contributed by atoms with van der Waals surface area (Å²) in [6.45, 7) is 1.72. The van der Waals surface area contributed by atoms with Gasteiger partial charge in [0.05, 0.1) is 12.3 Å². The molecule has 0 radical (unpaired) electrons. The molecule has 0 saturated carbocycles. The van der Waals surface area contributed by atoms with Gasteiger partial charge in [-0.2, -0.15) is 5.10 Å². The van der Waals surface area contributed by atoms with Gasteiger partial charge in [0.1, 0.15) is 5.75 Å². The molecule has 0 aliphatic carbocycles. The summed E-state index contributed by atoms with van der Waals surface area (Å²) < 4.78 is 7.91. The van der Waals surface area contributed by atoms with Gasteiger partial charge in [0, 0.05) is 41.2 Å². The molecule has 2 aromatic carbocycles. The number of anilines is 2. The van der Waals surface area contributed by atoms with Gasteiger partial charge in [-0.05, 0) is 74.3 Å². The first kappa shape index (κ1) is 21.2. The van der Waals surface area contributed by atoms with Gasteiger partial charge in [0.25, 0.3) is 0 Å². The van der Waals surface area contributed by atoms with Crippen molar-refractivity contribution >= 4 is 29.0 Å². The molecule has 8 heteroatoms. The Labute approximate surface area is 186 Å². The van der Waals surface area contributed by atoms with E-state index in [2.05, 4.69) is 21.0 Å². The lowest BCUT2D eigenvalue weighted by molar-refractivity contribution is 0.262. The molecule has 7 nitrogen and oxygen atoms in total. The lowest BCUT2D eigenvalue weighted by Crippen LogP contribution is -2.23. The summed E-state index contributed by atoms with van der Waals surface area (Å²) >= 11 is 5.89. The van der Waals surface area contributed by atoms with E-state index in [1.54, 1.807) is 35.1 Å². The molecule has 2 heterocycles. The highest BCUT2D eigenvalue weighted by Crippen LogP contribution is 2.33. The molecular weight excluding hydrogens is 414 g/mol. The van der Waals surface area contributed by atoms with Crippen LogP contribution in [0.5, 0.6) is 5.75 Å². The van der Waals surface area contributed by atoms with Crippen LogP contribution in [0.3, 0.4) is 0 Å². The highest BCUT2D eigenvalue weighted by molar-refractivity contribution is 6.30. The number of nitrogens with zero attached hydrogens (tertiary/aromatic N) is 2. The Morgan fingerprint density at radius 3 is 2.68 bits per heavy atom. The minimum Gasteiger partial charge on any atom is -0.493 e. The summed E-state index contributed by atoms with van der Waals surface area (Å²) in [6.07, 6.45) is 5.14. The van der Waals surface area contributed by atoms with Gasteiger partial charge in [0.2, 0.25) is 0 Å². The predicted octanol–water partition coefficient (Wildman–Crippen LogP) is 4.91. The first-order valence-corrected chi connectivity index (χ1v) is 10.8. The fraction of sp³-hybridized carbons (Fsp3) is 0.304. The van der Waals surface area contributed by atoms with Gasteiger partial charge in [-0.3, -0.25) is 4.68 Å². The number of hydrogen-bond donors (Lipinski definition) is 3. The summed E-state index contributed by atoms with van der Waals surface area (Å²) in [5.74, 6) is 0.769. The maximum Gasteiger partial charge on any atom is 0.323 e. The normalized spacial score (nSPS) is 15.6. The van der Waals surface area contributed by atoms with Crippen LogP contribution in [-0.4, -0.2) is 35.0 Å². The van der Waals surface area contributed by atoms with Crippen molar-refractivity contribution in [2.24, 2.45) is 7.05 Å². The van der Waals surface area contributed by atoms with E-state index in [9.17, 15) is 4.79 Å². The summed E-state index contributed by atoms with van der Waals surface area (Å²) in [4.78, 5) is 12.4. The first-order chi connectivity index (χ1) is 15.1. The third kappa shape index (κ3) is 5.57. The van der Waals surface area contributed by atoms with Gasteiger partial charge in [-0.1, -0.05) is 11.6 Å². The Balaban J connectivity index is 1.47. The smallest absolute Gasteiger partial charge is 0.323 e.